The van der Waals surface area contributed by atoms with Crippen LogP contribution in [-0.2, 0) is 23.8 Å². The summed E-state index contributed by atoms with van der Waals surface area (Å²) in [5, 5.41) is 31.5. The van der Waals surface area contributed by atoms with Gasteiger partial charge in [-0.15, -0.1) is 0 Å². The highest BCUT2D eigenvalue weighted by Gasteiger charge is 2.60. The number of hydrogen-bond donors (Lipinski definition) is 4. The van der Waals surface area contributed by atoms with Crippen LogP contribution < -0.4 is 11.4 Å². The molecule has 2 heterocycles. The van der Waals surface area contributed by atoms with Crippen LogP contribution in [0.3, 0.4) is 0 Å². The number of halogens is 2. The molecule has 1 saturated heterocycles. The van der Waals surface area contributed by atoms with Gasteiger partial charge in [-0.1, -0.05) is 77.8 Å². The first-order valence-electron chi connectivity index (χ1n) is 20.7. The Morgan fingerprint density at radius 2 is 1.81 bits per heavy atom. The van der Waals surface area contributed by atoms with Crippen LogP contribution >= 0.6 is 21.6 Å². The zero-order valence-electron chi connectivity index (χ0n) is 33.5. The monoisotopic (exact) mass is 851 g/mol. The minimum absolute atomic E-state index is 0.0356. The number of fused-ring (bicyclic) bond motifs is 1. The van der Waals surface area contributed by atoms with Crippen molar-refractivity contribution in [3.05, 3.63) is 58.2 Å². The van der Waals surface area contributed by atoms with E-state index in [9.17, 15) is 38.5 Å². The molecule has 5 fully saturated rings. The third-order valence-corrected chi connectivity index (χ3v) is 15.5. The zero-order valence-corrected chi connectivity index (χ0v) is 35.2. The minimum Gasteiger partial charge on any atom is -0.463 e. The molecule has 4 aliphatic carbocycles. The summed E-state index contributed by atoms with van der Waals surface area (Å²) < 4.78 is 46.1. The van der Waals surface area contributed by atoms with Gasteiger partial charge in [-0.3, -0.25) is 14.2 Å². The molecule has 58 heavy (non-hydrogen) atoms. The number of aliphatic hydroxyl groups is 3. The average Bonchev–Trinajstić information content (AvgIpc) is 3.93. The van der Waals surface area contributed by atoms with Crippen molar-refractivity contribution in [3.63, 3.8) is 0 Å². The van der Waals surface area contributed by atoms with Gasteiger partial charge in [0, 0.05) is 36.5 Å². The first-order valence-corrected chi connectivity index (χ1v) is 23.2. The fourth-order valence-electron chi connectivity index (χ4n) is 9.51. The predicted molar refractivity (Wildman–Crippen MR) is 219 cm³/mol. The zero-order chi connectivity index (χ0) is 41.8. The number of aliphatic hydroxyl groups excluding tert-OH is 3. The van der Waals surface area contributed by atoms with E-state index in [2.05, 4.69) is 37.1 Å². The standard InChI is InChI=1S/C42H59F2N3O9S2/c1-24(6-13-32(48)27-8-9-27)30-11-12-31-26(5-4-17-41(30,31)3)7-10-28-21-29(22-33(49)25(28)2)55-37(51)16-20-58-57-19-15-36(50)54-23-34-38(52)42(43,44)39(56-34)47-18-14-35(45)46-40(47)53/h6-7,10,13-14,18,24-25,27,29-34,38-39,48-49,52H,4-5,8-9,11-12,15-17,19-23H2,1-3H3,(H2,45,46,53)/b13-6+,26-7+,28-10-/t24-,25?,29?,30?,31?,32?,33-,34?,38?,39?,41+/m0/s1. The first kappa shape index (κ1) is 44.8. The Morgan fingerprint density at radius 1 is 1.10 bits per heavy atom. The summed E-state index contributed by atoms with van der Waals surface area (Å²) in [6.45, 7) is 6.16. The number of nitrogen functional groups attached to an aromatic ring is 1. The number of allylic oxidation sites excluding steroid dienone is 4. The summed E-state index contributed by atoms with van der Waals surface area (Å²) in [5.74, 6) is -2.36. The Hall–Kier alpha value is -2.76. The molecule has 0 radical (unpaired) electrons. The van der Waals surface area contributed by atoms with Gasteiger partial charge in [-0.05, 0) is 80.1 Å². The third-order valence-electron chi connectivity index (χ3n) is 13.1. The number of aromatic nitrogens is 2. The molecule has 1 aromatic heterocycles. The fraction of sp³-hybridized carbons (Fsp3) is 0.714. The van der Waals surface area contributed by atoms with Crippen molar-refractivity contribution in [2.24, 2.45) is 35.0 Å². The van der Waals surface area contributed by atoms with E-state index in [1.54, 1.807) is 0 Å². The van der Waals surface area contributed by atoms with Crippen molar-refractivity contribution >= 4 is 39.3 Å². The lowest BCUT2D eigenvalue weighted by molar-refractivity contribution is -0.151. The molecule has 6 rings (SSSR count). The second-order valence-electron chi connectivity index (χ2n) is 17.1. The largest absolute Gasteiger partial charge is 0.463 e. The Balaban J connectivity index is 0.899. The van der Waals surface area contributed by atoms with Crippen LogP contribution in [0, 0.1) is 35.0 Å². The van der Waals surface area contributed by atoms with E-state index in [0.717, 1.165) is 43.5 Å². The molecular formula is C42H59F2N3O9S2. The third kappa shape index (κ3) is 10.6. The molecule has 5 aliphatic rings. The van der Waals surface area contributed by atoms with Gasteiger partial charge in [0.25, 0.3) is 0 Å². The van der Waals surface area contributed by atoms with E-state index >= 15 is 0 Å². The van der Waals surface area contributed by atoms with E-state index in [-0.39, 0.29) is 42.1 Å². The van der Waals surface area contributed by atoms with Crippen molar-refractivity contribution in [1.82, 2.24) is 9.55 Å². The maximum absolute atomic E-state index is 14.7. The minimum atomic E-state index is -3.85. The summed E-state index contributed by atoms with van der Waals surface area (Å²) in [6, 6.07) is 1.15. The van der Waals surface area contributed by atoms with Crippen molar-refractivity contribution in [2.45, 2.75) is 134 Å². The predicted octanol–water partition coefficient (Wildman–Crippen LogP) is 6.16. The number of nitrogens with zero attached hydrogens (tertiary/aromatic N) is 2. The van der Waals surface area contributed by atoms with Gasteiger partial charge in [-0.2, -0.15) is 13.8 Å². The number of carbonyl (C=O) groups excluding carboxylic acids is 2. The molecule has 5 N–H and O–H groups in total. The van der Waals surface area contributed by atoms with Crippen molar-refractivity contribution in [2.75, 3.05) is 23.8 Å². The molecule has 1 aliphatic heterocycles. The molecule has 12 nitrogen and oxygen atoms in total. The van der Waals surface area contributed by atoms with Crippen molar-refractivity contribution in [3.8, 4) is 0 Å². The molecule has 11 atom stereocenters. The number of esters is 2. The maximum atomic E-state index is 14.7. The van der Waals surface area contributed by atoms with Gasteiger partial charge in [0.2, 0.25) is 6.23 Å². The van der Waals surface area contributed by atoms with Crippen LogP contribution in [0.25, 0.3) is 0 Å². The molecule has 0 amide bonds. The summed E-state index contributed by atoms with van der Waals surface area (Å²) >= 11 is 0. The molecule has 0 aromatic carbocycles. The summed E-state index contributed by atoms with van der Waals surface area (Å²) in [7, 11) is 2.73. The highest BCUT2D eigenvalue weighted by Crippen LogP contribution is 2.59. The summed E-state index contributed by atoms with van der Waals surface area (Å²) in [4.78, 5) is 40.5. The van der Waals surface area contributed by atoms with Gasteiger partial charge >= 0.3 is 23.6 Å². The van der Waals surface area contributed by atoms with E-state index in [1.807, 2.05) is 13.0 Å². The molecule has 0 spiro atoms. The Morgan fingerprint density at radius 3 is 2.52 bits per heavy atom. The van der Waals surface area contributed by atoms with Crippen LogP contribution in [0.2, 0.25) is 0 Å². The SMILES string of the molecule is CC1/C(=C\C=C2/CCC[C@@]3(C)C2CCC3[C@@H](C)/C=C/C(O)C2CC2)CC(OC(=O)CCSSCCC(=O)OCC2OC(n3ccc(N)nc3=O)C(F)(F)C2O)C[C@@H]1O. The fourth-order valence-corrected chi connectivity index (χ4v) is 11.5. The number of rotatable bonds is 16. The second kappa shape index (κ2) is 19.3. The van der Waals surface area contributed by atoms with Crippen molar-refractivity contribution in [1.29, 1.82) is 0 Å². The highest BCUT2D eigenvalue weighted by atomic mass is 33.1. The van der Waals surface area contributed by atoms with Gasteiger partial charge < -0.3 is 35.3 Å². The van der Waals surface area contributed by atoms with Crippen LogP contribution in [-0.4, -0.2) is 91.4 Å². The molecule has 0 bridgehead atoms. The lowest BCUT2D eigenvalue weighted by Gasteiger charge is -2.44. The molecule has 322 valence electrons. The molecular weight excluding hydrogens is 793 g/mol. The van der Waals surface area contributed by atoms with Gasteiger partial charge in [0.1, 0.15) is 24.6 Å². The molecule has 4 saturated carbocycles. The number of anilines is 1. The van der Waals surface area contributed by atoms with Crippen LogP contribution in [0.4, 0.5) is 14.6 Å². The quantitative estimate of drug-likeness (QED) is 0.0643. The van der Waals surface area contributed by atoms with Crippen LogP contribution in [0.15, 0.2) is 52.5 Å². The topological polar surface area (TPSA) is 183 Å². The summed E-state index contributed by atoms with van der Waals surface area (Å²) in [6.07, 6.45) is 11.5. The average molecular weight is 852 g/mol. The number of ether oxygens (including phenoxy) is 3. The Bertz CT molecular complexity index is 1770. The summed E-state index contributed by atoms with van der Waals surface area (Å²) in [5.41, 5.74) is 7.13. The smallest absolute Gasteiger partial charge is 0.351 e. The second-order valence-corrected chi connectivity index (χ2v) is 19.8. The normalized spacial score (nSPS) is 34.6. The van der Waals surface area contributed by atoms with E-state index in [0.29, 0.717) is 52.6 Å². The van der Waals surface area contributed by atoms with E-state index < -0.39 is 54.8 Å². The van der Waals surface area contributed by atoms with Crippen LogP contribution in [0.1, 0.15) is 97.6 Å². The van der Waals surface area contributed by atoms with Gasteiger partial charge in [-0.25, -0.2) is 4.79 Å². The van der Waals surface area contributed by atoms with Gasteiger partial charge in [0.15, 0.2) is 6.10 Å². The lowest BCUT2D eigenvalue weighted by Crippen LogP contribution is -2.42. The Kier molecular flexibility index (Phi) is 14.9. The highest BCUT2D eigenvalue weighted by molar-refractivity contribution is 8.76. The number of hydrogen-bond acceptors (Lipinski definition) is 13. The molecule has 8 unspecified atom stereocenters. The maximum Gasteiger partial charge on any atom is 0.351 e. The number of alkyl halides is 2. The lowest BCUT2D eigenvalue weighted by atomic mass is 9.61. The van der Waals surface area contributed by atoms with E-state index in [1.165, 1.54) is 46.4 Å². The van der Waals surface area contributed by atoms with Crippen molar-refractivity contribution < 1.29 is 47.9 Å². The first-order chi connectivity index (χ1) is 27.6. The number of nitrogens with two attached hydrogens (primary N) is 1. The van der Waals surface area contributed by atoms with E-state index in [4.69, 9.17) is 19.9 Å². The molecule has 1 aromatic rings. The Labute approximate surface area is 346 Å². The van der Waals surface area contributed by atoms with Crippen LogP contribution in [0.5, 0.6) is 0 Å². The number of carbonyl (C=O) groups is 2. The van der Waals surface area contributed by atoms with Gasteiger partial charge in [0.05, 0.1) is 25.0 Å². The molecule has 16 heteroatoms.